The average Bonchev–Trinajstić information content (AvgIpc) is 3.36. The summed E-state index contributed by atoms with van der Waals surface area (Å²) in [6.45, 7) is 2.18. The monoisotopic (exact) mass is 439 g/mol. The molecule has 0 unspecified atom stereocenters. The normalized spacial score (nSPS) is 13.7. The highest BCUT2D eigenvalue weighted by Crippen LogP contribution is 2.30. The number of rotatable bonds is 5. The minimum Gasteiger partial charge on any atom is -0.348 e. The van der Waals surface area contributed by atoms with Gasteiger partial charge in [-0.25, -0.2) is 4.98 Å². The Balaban J connectivity index is 1.29. The largest absolute Gasteiger partial charge is 0.348 e. The second kappa shape index (κ2) is 9.37. The van der Waals surface area contributed by atoms with Gasteiger partial charge in [-0.3, -0.25) is 4.79 Å². The minimum atomic E-state index is -0.117. The second-order valence-corrected chi connectivity index (χ2v) is 8.88. The molecule has 2 heterocycles. The molecule has 0 atom stereocenters. The maximum atomic E-state index is 12.8. The Kier molecular flexibility index (Phi) is 5.99. The van der Waals surface area contributed by atoms with E-state index in [0.717, 1.165) is 46.3 Å². The number of piperidine rings is 1. The summed E-state index contributed by atoms with van der Waals surface area (Å²) in [7, 11) is 0. The zero-order valence-corrected chi connectivity index (χ0v) is 18.6. The standard InChI is InChI=1S/C27H25N3OS/c31-26(22-14-12-21(13-15-22)20-8-3-1-4-9-20)28-24-11-7-10-23(18-24)25-19-32-27(29-25)30-16-5-2-6-17-30/h1,3-4,7-15,18-19H,2,5-6,16-17H2,(H,28,31). The fourth-order valence-electron chi connectivity index (χ4n) is 4.03. The SMILES string of the molecule is O=C(Nc1cccc(-c2csc(N3CCCCC3)n2)c1)c1ccc(-c2ccccc2)cc1. The Morgan fingerprint density at radius 2 is 1.53 bits per heavy atom. The molecule has 1 aromatic heterocycles. The van der Waals surface area contributed by atoms with Gasteiger partial charge in [0.05, 0.1) is 5.69 Å². The highest BCUT2D eigenvalue weighted by Gasteiger charge is 2.15. The van der Waals surface area contributed by atoms with Crippen LogP contribution < -0.4 is 10.2 Å². The van der Waals surface area contributed by atoms with Crippen LogP contribution in [-0.4, -0.2) is 24.0 Å². The van der Waals surface area contributed by atoms with Gasteiger partial charge in [0, 0.05) is 35.3 Å². The number of nitrogens with zero attached hydrogens (tertiary/aromatic N) is 2. The molecule has 1 fully saturated rings. The van der Waals surface area contributed by atoms with E-state index in [1.165, 1.54) is 19.3 Å². The van der Waals surface area contributed by atoms with Gasteiger partial charge in [0.1, 0.15) is 0 Å². The summed E-state index contributed by atoms with van der Waals surface area (Å²) in [6.07, 6.45) is 3.79. The molecule has 4 nitrogen and oxygen atoms in total. The van der Waals surface area contributed by atoms with Crippen molar-refractivity contribution in [2.75, 3.05) is 23.3 Å². The number of carbonyl (C=O) groups excluding carboxylic acids is 1. The zero-order chi connectivity index (χ0) is 21.8. The lowest BCUT2D eigenvalue weighted by atomic mass is 10.0. The van der Waals surface area contributed by atoms with Crippen molar-refractivity contribution in [3.05, 3.63) is 89.8 Å². The molecule has 0 bridgehead atoms. The van der Waals surface area contributed by atoms with Crippen molar-refractivity contribution < 1.29 is 4.79 Å². The number of nitrogens with one attached hydrogen (secondary N) is 1. The quantitative estimate of drug-likeness (QED) is 0.375. The van der Waals surface area contributed by atoms with Gasteiger partial charge >= 0.3 is 0 Å². The summed E-state index contributed by atoms with van der Waals surface area (Å²) < 4.78 is 0. The number of carbonyl (C=O) groups is 1. The minimum absolute atomic E-state index is 0.117. The molecule has 1 amide bonds. The van der Waals surface area contributed by atoms with E-state index < -0.39 is 0 Å². The van der Waals surface area contributed by atoms with E-state index in [0.29, 0.717) is 5.56 Å². The van der Waals surface area contributed by atoms with Crippen molar-refractivity contribution >= 4 is 28.1 Å². The average molecular weight is 440 g/mol. The first-order valence-electron chi connectivity index (χ1n) is 11.0. The molecule has 0 radical (unpaired) electrons. The Morgan fingerprint density at radius 1 is 0.812 bits per heavy atom. The zero-order valence-electron chi connectivity index (χ0n) is 17.8. The van der Waals surface area contributed by atoms with Crippen molar-refractivity contribution in [2.45, 2.75) is 19.3 Å². The van der Waals surface area contributed by atoms with E-state index in [1.807, 2.05) is 66.7 Å². The molecular weight excluding hydrogens is 414 g/mol. The van der Waals surface area contributed by atoms with E-state index in [4.69, 9.17) is 4.98 Å². The summed E-state index contributed by atoms with van der Waals surface area (Å²) in [4.78, 5) is 20.0. The first kappa shape index (κ1) is 20.5. The number of hydrogen-bond acceptors (Lipinski definition) is 4. The third-order valence-electron chi connectivity index (χ3n) is 5.79. The van der Waals surface area contributed by atoms with E-state index in [1.54, 1.807) is 11.3 Å². The fourth-order valence-corrected chi connectivity index (χ4v) is 4.92. The Bertz CT molecular complexity index is 1200. The van der Waals surface area contributed by atoms with Crippen molar-refractivity contribution in [3.8, 4) is 22.4 Å². The van der Waals surface area contributed by atoms with Gasteiger partial charge in [0.2, 0.25) is 0 Å². The third kappa shape index (κ3) is 4.58. The van der Waals surface area contributed by atoms with Crippen LogP contribution in [0.25, 0.3) is 22.4 Å². The molecule has 1 aliphatic heterocycles. The lowest BCUT2D eigenvalue weighted by Crippen LogP contribution is -2.29. The van der Waals surface area contributed by atoms with Crippen LogP contribution in [0, 0.1) is 0 Å². The van der Waals surface area contributed by atoms with Gasteiger partial charge < -0.3 is 10.2 Å². The molecule has 5 heteroatoms. The van der Waals surface area contributed by atoms with Crippen molar-refractivity contribution in [3.63, 3.8) is 0 Å². The smallest absolute Gasteiger partial charge is 0.255 e. The molecule has 160 valence electrons. The molecular formula is C27H25N3OS. The van der Waals surface area contributed by atoms with Gasteiger partial charge in [0.15, 0.2) is 5.13 Å². The van der Waals surface area contributed by atoms with Crippen molar-refractivity contribution in [2.24, 2.45) is 0 Å². The van der Waals surface area contributed by atoms with Gasteiger partial charge in [-0.1, -0.05) is 54.6 Å². The van der Waals surface area contributed by atoms with E-state index in [9.17, 15) is 4.79 Å². The van der Waals surface area contributed by atoms with Gasteiger partial charge in [-0.2, -0.15) is 0 Å². The van der Waals surface area contributed by atoms with Crippen LogP contribution >= 0.6 is 11.3 Å². The van der Waals surface area contributed by atoms with Crippen LogP contribution in [0.5, 0.6) is 0 Å². The topological polar surface area (TPSA) is 45.2 Å². The number of anilines is 2. The second-order valence-electron chi connectivity index (χ2n) is 8.04. The van der Waals surface area contributed by atoms with Crippen LogP contribution in [0.3, 0.4) is 0 Å². The summed E-state index contributed by atoms with van der Waals surface area (Å²) in [5.41, 5.74) is 5.61. The Morgan fingerprint density at radius 3 is 2.31 bits per heavy atom. The van der Waals surface area contributed by atoms with Crippen LogP contribution in [0.15, 0.2) is 84.2 Å². The summed E-state index contributed by atoms with van der Waals surface area (Å²) in [5, 5.41) is 6.22. The first-order valence-corrected chi connectivity index (χ1v) is 11.9. The molecule has 0 aliphatic carbocycles. The van der Waals surface area contributed by atoms with E-state index in [2.05, 4.69) is 27.7 Å². The molecule has 4 aromatic rings. The predicted octanol–water partition coefficient (Wildman–Crippen LogP) is 6.72. The van der Waals surface area contributed by atoms with E-state index >= 15 is 0 Å². The Labute approximate surface area is 192 Å². The lowest BCUT2D eigenvalue weighted by molar-refractivity contribution is 0.102. The molecule has 1 N–H and O–H groups in total. The third-order valence-corrected chi connectivity index (χ3v) is 6.69. The number of hydrogen-bond donors (Lipinski definition) is 1. The highest BCUT2D eigenvalue weighted by atomic mass is 32.1. The van der Waals surface area contributed by atoms with Gasteiger partial charge in [-0.05, 0) is 54.7 Å². The predicted molar refractivity (Wildman–Crippen MR) is 133 cm³/mol. The molecule has 3 aromatic carbocycles. The molecule has 32 heavy (non-hydrogen) atoms. The summed E-state index contributed by atoms with van der Waals surface area (Å²) >= 11 is 1.69. The van der Waals surface area contributed by atoms with Crippen molar-refractivity contribution in [1.82, 2.24) is 4.98 Å². The fraction of sp³-hybridized carbons (Fsp3) is 0.185. The van der Waals surface area contributed by atoms with Crippen molar-refractivity contribution in [1.29, 1.82) is 0 Å². The molecule has 1 saturated heterocycles. The van der Waals surface area contributed by atoms with Crippen LogP contribution in [0.1, 0.15) is 29.6 Å². The maximum Gasteiger partial charge on any atom is 0.255 e. The highest BCUT2D eigenvalue weighted by molar-refractivity contribution is 7.14. The van der Waals surface area contributed by atoms with Gasteiger partial charge in [-0.15, -0.1) is 11.3 Å². The van der Waals surface area contributed by atoms with Crippen LogP contribution in [0.4, 0.5) is 10.8 Å². The number of amides is 1. The summed E-state index contributed by atoms with van der Waals surface area (Å²) in [5.74, 6) is -0.117. The van der Waals surface area contributed by atoms with Crippen LogP contribution in [-0.2, 0) is 0 Å². The lowest BCUT2D eigenvalue weighted by Gasteiger charge is -2.25. The number of aromatic nitrogens is 1. The van der Waals surface area contributed by atoms with Crippen LogP contribution in [0.2, 0.25) is 0 Å². The molecule has 5 rings (SSSR count). The molecule has 0 spiro atoms. The molecule has 0 saturated carbocycles. The number of benzene rings is 3. The van der Waals surface area contributed by atoms with Gasteiger partial charge in [0.25, 0.3) is 5.91 Å². The van der Waals surface area contributed by atoms with E-state index in [-0.39, 0.29) is 5.91 Å². The first-order chi connectivity index (χ1) is 15.8. The molecule has 1 aliphatic rings. The number of thiazole rings is 1. The Hall–Kier alpha value is -3.44. The maximum absolute atomic E-state index is 12.8. The summed E-state index contributed by atoms with van der Waals surface area (Å²) in [6, 6.07) is 25.8.